The number of aliphatic hydroxyl groups excluding tert-OH is 3. The van der Waals surface area contributed by atoms with E-state index in [9.17, 15) is 44.1 Å². The van der Waals surface area contributed by atoms with Crippen LogP contribution in [0.1, 0.15) is 377 Å². The van der Waals surface area contributed by atoms with E-state index in [0.29, 0.717) is 59.1 Å². The third-order valence-electron chi connectivity index (χ3n) is 20.5. The highest BCUT2D eigenvalue weighted by Crippen LogP contribution is 2.42. The summed E-state index contributed by atoms with van der Waals surface area (Å²) in [5, 5.41) is 37.5. The molecule has 5 unspecified atom stereocenters. The minimum Gasteiger partial charge on any atom is -0.463 e. The molecule has 1 aromatic rings. The molecule has 0 spiro atoms. The molecule has 6 atom stereocenters. The van der Waals surface area contributed by atoms with E-state index >= 15 is 0 Å². The van der Waals surface area contributed by atoms with Crippen molar-refractivity contribution in [1.82, 2.24) is 16.0 Å². The monoisotopic (exact) mass is 1950 g/mol. The van der Waals surface area contributed by atoms with Gasteiger partial charge < -0.3 is 78.6 Å². The highest BCUT2D eigenvalue weighted by atomic mass is 16.6. The number of rotatable bonds is 79. The second-order valence-corrected chi connectivity index (χ2v) is 34.0. The highest BCUT2D eigenvalue weighted by molar-refractivity contribution is 5.86. The Kier molecular flexibility index (Phi) is 137. The van der Waals surface area contributed by atoms with Gasteiger partial charge in [-0.3, -0.25) is 14.4 Å². The van der Waals surface area contributed by atoms with E-state index in [2.05, 4.69) is 214 Å². The number of hydrogen-bond acceptors (Lipinski definition) is 21. The molecule has 6 N–H and O–H groups in total. The van der Waals surface area contributed by atoms with Crippen LogP contribution < -0.4 is 16.0 Å². The lowest BCUT2D eigenvalue weighted by atomic mass is 9.96. The molecule has 1 fully saturated rings. The summed E-state index contributed by atoms with van der Waals surface area (Å²) < 4.78 is 50.1. The predicted octanol–water partition coefficient (Wildman–Crippen LogP) is 26.8. The van der Waals surface area contributed by atoms with Gasteiger partial charge >= 0.3 is 29.8 Å². The Morgan fingerprint density at radius 1 is 0.370 bits per heavy atom. The van der Waals surface area contributed by atoms with Gasteiger partial charge in [0.15, 0.2) is 0 Å². The molecule has 2 aliphatic rings. The van der Waals surface area contributed by atoms with E-state index in [-0.39, 0.29) is 63.5 Å². The summed E-state index contributed by atoms with van der Waals surface area (Å²) >= 11 is 0. The molecule has 0 aromatic heterocycles. The van der Waals surface area contributed by atoms with Gasteiger partial charge in [-0.25, -0.2) is 14.4 Å². The van der Waals surface area contributed by atoms with Gasteiger partial charge in [-0.15, -0.1) is 19.7 Å². The predicted molar refractivity (Wildman–Crippen MR) is 583 cm³/mol. The van der Waals surface area contributed by atoms with E-state index in [0.717, 1.165) is 185 Å². The molecule has 3 rings (SSSR count). The average Bonchev–Trinajstić information content (AvgIpc) is 1.69. The minimum absolute atomic E-state index is 0.0360. The van der Waals surface area contributed by atoms with Gasteiger partial charge in [0.25, 0.3) is 0 Å². The number of ether oxygens (including phenoxy) is 10. The highest BCUT2D eigenvalue weighted by Gasteiger charge is 2.32. The Balaban J connectivity index is -0.000000233. The maximum Gasteiger partial charge on any atom is 0.330 e. The molecule has 138 heavy (non-hydrogen) atoms. The summed E-state index contributed by atoms with van der Waals surface area (Å²) in [5.74, 6) is 1.15. The number of amides is 1. The van der Waals surface area contributed by atoms with Crippen LogP contribution in [0.3, 0.4) is 0 Å². The van der Waals surface area contributed by atoms with E-state index in [1.54, 1.807) is 12.3 Å². The van der Waals surface area contributed by atoms with E-state index in [4.69, 9.17) is 33.2 Å². The van der Waals surface area contributed by atoms with Gasteiger partial charge in [-0.05, 0) is 176 Å². The van der Waals surface area contributed by atoms with Crippen molar-refractivity contribution in [1.29, 1.82) is 0 Å². The van der Waals surface area contributed by atoms with Gasteiger partial charge in [-0.2, -0.15) is 0 Å². The molecular weight excluding hydrogens is 1740 g/mol. The average molecular weight is 1950 g/mol. The number of benzene rings is 1. The Morgan fingerprint density at radius 2 is 0.768 bits per heavy atom. The first-order valence-electron chi connectivity index (χ1n) is 53.4. The van der Waals surface area contributed by atoms with Crippen molar-refractivity contribution >= 4 is 41.8 Å². The zero-order chi connectivity index (χ0) is 105. The maximum absolute atomic E-state index is 11.7. The number of fused-ring (bicyclic) bond motifs is 2. The second kappa shape index (κ2) is 130. The van der Waals surface area contributed by atoms with Crippen LogP contribution in [0.25, 0.3) is 6.08 Å². The molecule has 1 saturated carbocycles. The number of aryl methyl sites for hydroxylation is 1. The first-order valence-corrected chi connectivity index (χ1v) is 53.4. The lowest BCUT2D eigenvalue weighted by molar-refractivity contribution is -0.148. The van der Waals surface area contributed by atoms with Crippen molar-refractivity contribution in [2.45, 2.75) is 390 Å². The molecule has 0 heterocycles. The van der Waals surface area contributed by atoms with Gasteiger partial charge in [0.2, 0.25) is 5.91 Å². The molecule has 804 valence electrons. The second-order valence-electron chi connectivity index (χ2n) is 34.0. The number of unbranched alkanes of at least 4 members (excludes halogenated alkanes) is 27. The standard InChI is InChI=1S/C25H48O4.C19H36O4.C11H14.C10H18O4.C9H16O3.C8H12.C7H13NO.C7H15N.C7H12O2.C7H14O.C6H13N/c1-3-5-7-8-9-10-11-12-13-14-15-16-17-18-19-20-25(27)29-23-24(26)22-28-21-6-4-2;1-3-5-7-8-9-10-11-12-13-14-19(21)23-17-18(20)16-22-15-6-4-2;1-3-5-11-8-6-10(4-2)7-9-11;1-3-5-6-13-7-9(11)8-14-10(12)4-2;1-3-5-6-11-7-8-12-9(10)4-2;1-6-4-7-2-3-8(6)5-7;1-3-5-6-8-7(9)4-2;1-3-5-7-8-6-4-2;1-3-5-6-9-7(8)4-2;1-3-5-7-8-6-4-2;1-3-5-6-7-4-2/h12-13,24,26H,3-11,14-23H2,1-2H3;3,18,20H,1,4-17H2,2H3;4,6-9H,2-3,5H2,1H3;4,9,11H,2-3,5-8H2,1H3;4H,2-3,5-8H2,1H3;2-3,6-8H,4-5H2,1H3;4H,2-3,5-6H2,1H3,(H,8,9);4,8H,2-3,5-7H2,1H3;4H,2-3,5-6H2,1H3;4H,2-3,5-7H2,1H3;4,7H,2-3,5-6H2,1H3/b13-12-;;;;;;;;;;/t;;;;;6-,7?,8?;;;;;/m.....0...../s1. The molecule has 22 nitrogen and oxygen atoms in total. The zero-order valence-electron chi connectivity index (χ0n) is 90.3. The molecule has 1 amide bonds. The normalized spacial score (nSPS) is 13.0. The fourth-order valence-electron chi connectivity index (χ4n) is 12.0. The summed E-state index contributed by atoms with van der Waals surface area (Å²) in [6.07, 6.45) is 72.6. The molecule has 1 aromatic carbocycles. The fourth-order valence-corrected chi connectivity index (χ4v) is 12.0. The lowest BCUT2D eigenvalue weighted by Crippen LogP contribution is -2.24. The van der Waals surface area contributed by atoms with Gasteiger partial charge in [0.1, 0.15) is 44.7 Å². The third-order valence-corrected chi connectivity index (χ3v) is 20.5. The van der Waals surface area contributed by atoms with Crippen LogP contribution in [0.4, 0.5) is 0 Å². The minimum atomic E-state index is -0.754. The van der Waals surface area contributed by atoms with Crippen molar-refractivity contribution in [2.24, 2.45) is 17.8 Å². The van der Waals surface area contributed by atoms with Crippen molar-refractivity contribution in [3.8, 4) is 0 Å². The number of hydrogen-bond donors (Lipinski definition) is 6. The third kappa shape index (κ3) is 133. The number of esters is 5. The SMILES string of the molecule is C=CC(=O)NCCCC.C=CC(=O)OCC(O)COCCCC.C=CC(=O)OCCCC.C=CC(=O)OCCOCCCC.C=CCCCCCCCCCC(=O)OCC(O)COCCCC.C=CCNCCCC.C=CCOCCCC.C=CNCCCC.C=Cc1ccc(CCC)cc1.CCCCCCCC/C=C\CCCCCCCC(=O)OCC(O)COCCCC.C[C@H]1CC2C=CC1C2. The number of carbonyl (C=O) groups excluding carboxylic acids is 6. The Bertz CT molecular complexity index is 2850. The lowest BCUT2D eigenvalue weighted by Gasteiger charge is -2.11. The zero-order valence-corrected chi connectivity index (χ0v) is 90.3. The molecule has 0 aliphatic heterocycles. The first-order chi connectivity index (χ1) is 67.0. The molecule has 0 saturated heterocycles. The Morgan fingerprint density at radius 3 is 1.15 bits per heavy atom. The van der Waals surface area contributed by atoms with Crippen molar-refractivity contribution in [2.75, 3.05) is 125 Å². The fraction of sp³-hybridized carbons (Fsp3) is 0.707. The largest absolute Gasteiger partial charge is 0.463 e. The smallest absolute Gasteiger partial charge is 0.330 e. The van der Waals surface area contributed by atoms with Crippen LogP contribution in [0.15, 0.2) is 157 Å². The summed E-state index contributed by atoms with van der Waals surface area (Å²) in [6, 6.07) is 8.55. The molecule has 22 heteroatoms. The van der Waals surface area contributed by atoms with Gasteiger partial charge in [-0.1, -0.05) is 343 Å². The van der Waals surface area contributed by atoms with Crippen LogP contribution >= 0.6 is 0 Å². The van der Waals surface area contributed by atoms with Crippen LogP contribution in [0.5, 0.6) is 0 Å². The quantitative estimate of drug-likeness (QED) is 0.0116. The van der Waals surface area contributed by atoms with Crippen molar-refractivity contribution in [3.63, 3.8) is 0 Å². The van der Waals surface area contributed by atoms with E-state index in [1.807, 2.05) is 25.2 Å². The number of allylic oxidation sites excluding steroid dienone is 5. The number of carbonyl (C=O) groups is 6. The van der Waals surface area contributed by atoms with Crippen molar-refractivity contribution in [3.05, 3.63) is 168 Å². The molecular formula is C116H211N3O19. The van der Waals surface area contributed by atoms with Gasteiger partial charge in [0.05, 0.1) is 39.6 Å². The first kappa shape index (κ1) is 146. The van der Waals surface area contributed by atoms with Gasteiger partial charge in [0, 0.05) is 83.7 Å². The summed E-state index contributed by atoms with van der Waals surface area (Å²) in [5.41, 5.74) is 2.61. The van der Waals surface area contributed by atoms with Crippen molar-refractivity contribution < 1.29 is 91.5 Å². The Labute approximate surface area is 845 Å². The number of nitrogens with one attached hydrogen (secondary N) is 3. The molecule has 2 bridgehead atoms. The Hall–Kier alpha value is -7.38. The molecule has 0 radical (unpaired) electrons. The van der Waals surface area contributed by atoms with Crippen LogP contribution in [-0.2, 0) is 82.6 Å². The summed E-state index contributed by atoms with van der Waals surface area (Å²) in [7, 11) is 0. The maximum atomic E-state index is 11.7. The molecule has 2 aliphatic carbocycles. The van der Waals surface area contributed by atoms with Crippen LogP contribution in [0.2, 0.25) is 0 Å². The van der Waals surface area contributed by atoms with E-state index in [1.165, 1.54) is 184 Å². The topological polar surface area (TPSA) is 292 Å². The number of aliphatic hydroxyl groups is 3. The summed E-state index contributed by atoms with van der Waals surface area (Å²) in [4.78, 5) is 65.1. The van der Waals surface area contributed by atoms with E-state index < -0.39 is 30.3 Å². The summed E-state index contributed by atoms with van der Waals surface area (Å²) in [6.45, 7) is 67.1. The van der Waals surface area contributed by atoms with Crippen LogP contribution in [0, 0.1) is 17.8 Å². The van der Waals surface area contributed by atoms with Crippen LogP contribution in [-0.4, -0.2) is 195 Å².